The first-order valence-corrected chi connectivity index (χ1v) is 10.7. The molecular weight excluding hydrogens is 441 g/mol. The van der Waals surface area contributed by atoms with Crippen molar-refractivity contribution in [3.63, 3.8) is 0 Å². The van der Waals surface area contributed by atoms with Gasteiger partial charge in [0.1, 0.15) is 5.66 Å². The Kier molecular flexibility index (Phi) is 5.66. The standard InChI is InChI=1S/C22H23Cl2N3O4/c1-3-4-19(31-2)20(28)26-22-6-5-12(11-27(22)21(29)30)14(10-22)18-8-13-7-15(23)16(24)9-17(13)25-18/h3-4,7-9,12,14,25H,1,5-6,10-11H2,2H3,(H,26,28)(H,29,30)/b19-4-. The van der Waals surface area contributed by atoms with Gasteiger partial charge in [-0.25, -0.2) is 4.79 Å². The number of carbonyl (C=O) groups excluding carboxylic acids is 1. The van der Waals surface area contributed by atoms with Gasteiger partial charge in [0.25, 0.3) is 5.91 Å². The summed E-state index contributed by atoms with van der Waals surface area (Å²) in [6, 6.07) is 5.63. The van der Waals surface area contributed by atoms with Crippen molar-refractivity contribution in [2.75, 3.05) is 13.7 Å². The number of amides is 2. The largest absolute Gasteiger partial charge is 0.491 e. The monoisotopic (exact) mass is 463 g/mol. The van der Waals surface area contributed by atoms with Gasteiger partial charge in [-0.1, -0.05) is 35.9 Å². The number of benzene rings is 1. The molecule has 3 fully saturated rings. The minimum absolute atomic E-state index is 0.0454. The molecule has 9 heteroatoms. The molecular formula is C22H23Cl2N3O4. The molecule has 2 aromatic rings. The molecule has 164 valence electrons. The Morgan fingerprint density at radius 3 is 2.77 bits per heavy atom. The summed E-state index contributed by atoms with van der Waals surface area (Å²) in [5, 5.41) is 14.7. The lowest BCUT2D eigenvalue weighted by Crippen LogP contribution is -2.69. The number of halogens is 2. The molecule has 1 saturated carbocycles. The van der Waals surface area contributed by atoms with E-state index >= 15 is 0 Å². The fourth-order valence-corrected chi connectivity index (χ4v) is 5.24. The Hall–Kier alpha value is -2.64. The number of hydrogen-bond acceptors (Lipinski definition) is 3. The summed E-state index contributed by atoms with van der Waals surface area (Å²) in [6.45, 7) is 3.93. The third-order valence-corrected chi connectivity index (χ3v) is 7.08. The summed E-state index contributed by atoms with van der Waals surface area (Å²) >= 11 is 12.3. The summed E-state index contributed by atoms with van der Waals surface area (Å²) < 4.78 is 5.15. The summed E-state index contributed by atoms with van der Waals surface area (Å²) in [4.78, 5) is 29.6. The van der Waals surface area contributed by atoms with E-state index < -0.39 is 17.7 Å². The van der Waals surface area contributed by atoms with E-state index in [4.69, 9.17) is 27.9 Å². The number of aromatic nitrogens is 1. The van der Waals surface area contributed by atoms with Gasteiger partial charge in [0.2, 0.25) is 0 Å². The van der Waals surface area contributed by atoms with E-state index in [1.807, 2.05) is 12.1 Å². The Morgan fingerprint density at radius 2 is 2.10 bits per heavy atom. The van der Waals surface area contributed by atoms with Crippen LogP contribution in [-0.4, -0.2) is 46.3 Å². The van der Waals surface area contributed by atoms with Crippen LogP contribution in [-0.2, 0) is 9.53 Å². The molecule has 5 rings (SSSR count). The van der Waals surface area contributed by atoms with Crippen LogP contribution in [0.25, 0.3) is 10.9 Å². The first kappa shape index (κ1) is 21.6. The van der Waals surface area contributed by atoms with E-state index in [1.165, 1.54) is 24.2 Å². The topological polar surface area (TPSA) is 94.7 Å². The summed E-state index contributed by atoms with van der Waals surface area (Å²) in [5.41, 5.74) is 0.832. The van der Waals surface area contributed by atoms with Crippen molar-refractivity contribution in [1.29, 1.82) is 0 Å². The van der Waals surface area contributed by atoms with Gasteiger partial charge >= 0.3 is 6.09 Å². The predicted molar refractivity (Wildman–Crippen MR) is 119 cm³/mol. The molecule has 2 bridgehead atoms. The SMILES string of the molecule is C=C/C=C(\OC)C(=O)NC12CCC(CN1C(=O)O)C(c1cc3cc(Cl)c(Cl)cc3[nH]1)C2. The van der Waals surface area contributed by atoms with E-state index in [9.17, 15) is 14.7 Å². The van der Waals surface area contributed by atoms with Crippen LogP contribution in [0.3, 0.4) is 0 Å². The summed E-state index contributed by atoms with van der Waals surface area (Å²) in [6.07, 6.45) is 3.63. The van der Waals surface area contributed by atoms with Gasteiger partial charge in [-0.2, -0.15) is 0 Å². The second-order valence-electron chi connectivity index (χ2n) is 8.04. The normalized spacial score (nSPS) is 25.5. The number of piperidine rings is 2. The van der Waals surface area contributed by atoms with Crippen LogP contribution in [0.4, 0.5) is 4.79 Å². The number of carboxylic acid groups (broad SMARTS) is 1. The number of allylic oxidation sites excluding steroid dienone is 2. The number of nitrogens with one attached hydrogen (secondary N) is 2. The van der Waals surface area contributed by atoms with Gasteiger partial charge in [-0.3, -0.25) is 9.69 Å². The lowest BCUT2D eigenvalue weighted by atomic mass is 9.67. The second kappa shape index (κ2) is 8.13. The third-order valence-electron chi connectivity index (χ3n) is 6.36. The highest BCUT2D eigenvalue weighted by Gasteiger charge is 2.54. The lowest BCUT2D eigenvalue weighted by Gasteiger charge is -2.56. The summed E-state index contributed by atoms with van der Waals surface area (Å²) in [7, 11) is 1.39. The van der Waals surface area contributed by atoms with Crippen molar-refractivity contribution in [3.05, 3.63) is 58.4 Å². The Labute approximate surface area is 189 Å². The molecule has 3 N–H and O–H groups in total. The first-order chi connectivity index (χ1) is 14.8. The fraction of sp³-hybridized carbons (Fsp3) is 0.364. The van der Waals surface area contributed by atoms with Crippen LogP contribution in [0.1, 0.15) is 30.9 Å². The van der Waals surface area contributed by atoms with Crippen LogP contribution in [0.15, 0.2) is 42.7 Å². The molecule has 1 aromatic carbocycles. The number of carbonyl (C=O) groups is 2. The molecule has 0 radical (unpaired) electrons. The zero-order valence-electron chi connectivity index (χ0n) is 17.0. The molecule has 31 heavy (non-hydrogen) atoms. The van der Waals surface area contributed by atoms with Gasteiger partial charge in [0.05, 0.1) is 17.2 Å². The zero-order valence-corrected chi connectivity index (χ0v) is 18.5. The average Bonchev–Trinajstić information content (AvgIpc) is 3.14. The highest BCUT2D eigenvalue weighted by Crippen LogP contribution is 2.50. The number of methoxy groups -OCH3 is 1. The number of fused-ring (bicyclic) bond motifs is 4. The van der Waals surface area contributed by atoms with Gasteiger partial charge in [0.15, 0.2) is 5.76 Å². The quantitative estimate of drug-likeness (QED) is 0.334. The molecule has 3 aliphatic rings. The number of aromatic amines is 1. The second-order valence-corrected chi connectivity index (χ2v) is 8.85. The van der Waals surface area contributed by atoms with Crippen LogP contribution >= 0.6 is 23.2 Å². The number of ether oxygens (including phenoxy) is 1. The Bertz CT molecular complexity index is 1060. The first-order valence-electron chi connectivity index (χ1n) is 9.95. The lowest BCUT2D eigenvalue weighted by molar-refractivity contribution is -0.129. The third kappa shape index (κ3) is 3.77. The van der Waals surface area contributed by atoms with Crippen molar-refractivity contribution >= 4 is 46.1 Å². The Balaban J connectivity index is 1.69. The van der Waals surface area contributed by atoms with Crippen molar-refractivity contribution in [1.82, 2.24) is 15.2 Å². The molecule has 3 heterocycles. The number of nitrogens with zero attached hydrogens (tertiary/aromatic N) is 1. The van der Waals surface area contributed by atoms with Crippen LogP contribution in [0, 0.1) is 5.92 Å². The van der Waals surface area contributed by atoms with E-state index in [2.05, 4.69) is 16.9 Å². The number of hydrogen-bond donors (Lipinski definition) is 3. The van der Waals surface area contributed by atoms with E-state index in [0.29, 0.717) is 29.4 Å². The van der Waals surface area contributed by atoms with E-state index in [1.54, 1.807) is 6.07 Å². The molecule has 2 amide bonds. The maximum atomic E-state index is 12.8. The molecule has 3 atom stereocenters. The minimum Gasteiger partial charge on any atom is -0.491 e. The minimum atomic E-state index is -1.05. The molecule has 3 unspecified atom stereocenters. The highest BCUT2D eigenvalue weighted by molar-refractivity contribution is 6.42. The van der Waals surface area contributed by atoms with Gasteiger partial charge < -0.3 is 20.1 Å². The number of H-pyrrole nitrogens is 1. The van der Waals surface area contributed by atoms with Crippen molar-refractivity contribution in [3.8, 4) is 0 Å². The highest BCUT2D eigenvalue weighted by atomic mass is 35.5. The van der Waals surface area contributed by atoms with Gasteiger partial charge in [-0.15, -0.1) is 0 Å². The van der Waals surface area contributed by atoms with E-state index in [-0.39, 0.29) is 17.6 Å². The van der Waals surface area contributed by atoms with Crippen LogP contribution in [0.5, 0.6) is 0 Å². The van der Waals surface area contributed by atoms with E-state index in [0.717, 1.165) is 23.0 Å². The molecule has 1 aromatic heterocycles. The van der Waals surface area contributed by atoms with Crippen molar-refractivity contribution < 1.29 is 19.4 Å². The maximum Gasteiger partial charge on any atom is 0.409 e. The van der Waals surface area contributed by atoms with Crippen molar-refractivity contribution in [2.24, 2.45) is 5.92 Å². The maximum absolute atomic E-state index is 12.8. The smallest absolute Gasteiger partial charge is 0.409 e. The fourth-order valence-electron chi connectivity index (χ4n) is 4.90. The molecule has 0 spiro atoms. The van der Waals surface area contributed by atoms with Gasteiger partial charge in [-0.05, 0) is 49.5 Å². The molecule has 1 aliphatic carbocycles. The average molecular weight is 464 g/mol. The zero-order chi connectivity index (χ0) is 22.3. The van der Waals surface area contributed by atoms with Crippen molar-refractivity contribution in [2.45, 2.75) is 30.8 Å². The summed E-state index contributed by atoms with van der Waals surface area (Å²) in [5.74, 6) is -0.208. The molecule has 2 saturated heterocycles. The predicted octanol–water partition coefficient (Wildman–Crippen LogP) is 4.88. The Morgan fingerprint density at radius 1 is 1.35 bits per heavy atom. The number of rotatable bonds is 5. The van der Waals surface area contributed by atoms with Gasteiger partial charge in [0, 0.05) is 29.1 Å². The molecule has 2 aliphatic heterocycles. The van der Waals surface area contributed by atoms with Crippen LogP contribution in [0.2, 0.25) is 10.0 Å². The molecule has 7 nitrogen and oxygen atoms in total. The van der Waals surface area contributed by atoms with Crippen LogP contribution < -0.4 is 5.32 Å².